The number of aromatic nitrogens is 3. The third kappa shape index (κ3) is 4.79. The Morgan fingerprint density at radius 2 is 2.00 bits per heavy atom. The lowest BCUT2D eigenvalue weighted by atomic mass is 10.2. The van der Waals surface area contributed by atoms with Gasteiger partial charge in [-0.25, -0.2) is 4.98 Å². The summed E-state index contributed by atoms with van der Waals surface area (Å²) in [6.45, 7) is 4.24. The minimum Gasteiger partial charge on any atom is -0.492 e. The molecule has 0 saturated heterocycles. The molecule has 0 atom stereocenters. The molecule has 1 aromatic heterocycles. The van der Waals surface area contributed by atoms with Crippen LogP contribution in [0.3, 0.4) is 0 Å². The van der Waals surface area contributed by atoms with Crippen molar-refractivity contribution in [2.24, 2.45) is 7.05 Å². The molecule has 0 aliphatic heterocycles. The lowest BCUT2D eigenvalue weighted by Crippen LogP contribution is -2.17. The average molecular weight is 418 g/mol. The predicted molar refractivity (Wildman–Crippen MR) is 89.4 cm³/mol. The van der Waals surface area contributed by atoms with Crippen LogP contribution in [0.5, 0.6) is 5.75 Å². The second kappa shape index (κ2) is 7.91. The maximum absolute atomic E-state index is 5.58. The number of hydrogen-bond acceptors (Lipinski definition) is 4. The summed E-state index contributed by atoms with van der Waals surface area (Å²) in [6, 6.07) is 4.14. The van der Waals surface area contributed by atoms with Gasteiger partial charge in [0.1, 0.15) is 12.1 Å². The van der Waals surface area contributed by atoms with Gasteiger partial charge in [-0.05, 0) is 56.5 Å². The molecule has 0 spiro atoms. The first-order valence-corrected chi connectivity index (χ1v) is 8.34. The van der Waals surface area contributed by atoms with E-state index in [4.69, 9.17) is 4.74 Å². The second-order valence-electron chi connectivity index (χ2n) is 4.58. The van der Waals surface area contributed by atoms with Crippen LogP contribution in [0.2, 0.25) is 0 Å². The molecule has 0 aliphatic rings. The Bertz CT molecular complexity index is 577. The van der Waals surface area contributed by atoms with E-state index in [-0.39, 0.29) is 0 Å². The summed E-state index contributed by atoms with van der Waals surface area (Å²) in [5, 5.41) is 7.64. The van der Waals surface area contributed by atoms with Crippen molar-refractivity contribution in [1.29, 1.82) is 0 Å². The van der Waals surface area contributed by atoms with Crippen molar-refractivity contribution in [2.75, 3.05) is 13.2 Å². The van der Waals surface area contributed by atoms with Gasteiger partial charge in [0, 0.05) is 26.6 Å². The van der Waals surface area contributed by atoms with Crippen LogP contribution >= 0.6 is 31.9 Å². The van der Waals surface area contributed by atoms with Crippen molar-refractivity contribution in [2.45, 2.75) is 19.9 Å². The maximum Gasteiger partial charge on any atom is 0.151 e. The van der Waals surface area contributed by atoms with E-state index >= 15 is 0 Å². The summed E-state index contributed by atoms with van der Waals surface area (Å²) in [4.78, 5) is 4.20. The fourth-order valence-electron chi connectivity index (χ4n) is 1.93. The van der Waals surface area contributed by atoms with Gasteiger partial charge < -0.3 is 10.1 Å². The van der Waals surface area contributed by atoms with E-state index in [1.165, 1.54) is 5.56 Å². The highest BCUT2D eigenvalue weighted by molar-refractivity contribution is 9.11. The summed E-state index contributed by atoms with van der Waals surface area (Å²) in [6.07, 6.45) is 2.54. The maximum atomic E-state index is 5.58. The SMILES string of the molecule is CCOc1c(Br)cc(CNCCc2ncn(C)n2)cc1Br. The third-order valence-electron chi connectivity index (χ3n) is 2.85. The first-order chi connectivity index (χ1) is 10.1. The van der Waals surface area contributed by atoms with Crippen LogP contribution in [0.25, 0.3) is 0 Å². The van der Waals surface area contributed by atoms with Gasteiger partial charge in [0.15, 0.2) is 5.82 Å². The van der Waals surface area contributed by atoms with Crippen molar-refractivity contribution in [3.05, 3.63) is 38.8 Å². The lowest BCUT2D eigenvalue weighted by Gasteiger charge is -2.11. The Balaban J connectivity index is 1.85. The molecular formula is C14H18Br2N4O. The number of benzene rings is 1. The number of rotatable bonds is 7. The van der Waals surface area contributed by atoms with Crippen molar-refractivity contribution in [1.82, 2.24) is 20.1 Å². The van der Waals surface area contributed by atoms with Gasteiger partial charge >= 0.3 is 0 Å². The van der Waals surface area contributed by atoms with E-state index in [1.54, 1.807) is 11.0 Å². The van der Waals surface area contributed by atoms with Crippen molar-refractivity contribution < 1.29 is 4.74 Å². The van der Waals surface area contributed by atoms with E-state index in [1.807, 2.05) is 14.0 Å². The molecule has 0 saturated carbocycles. The Kier molecular flexibility index (Phi) is 6.20. The summed E-state index contributed by atoms with van der Waals surface area (Å²) in [5.74, 6) is 1.71. The predicted octanol–water partition coefficient (Wildman–Crippen LogP) is 3.07. The minimum atomic E-state index is 0.645. The van der Waals surface area contributed by atoms with Crippen LogP contribution < -0.4 is 10.1 Å². The van der Waals surface area contributed by atoms with Gasteiger partial charge in [-0.2, -0.15) is 5.10 Å². The van der Waals surface area contributed by atoms with Crippen molar-refractivity contribution in [3.8, 4) is 5.75 Å². The van der Waals surface area contributed by atoms with E-state index in [9.17, 15) is 0 Å². The fraction of sp³-hybridized carbons (Fsp3) is 0.429. The quantitative estimate of drug-likeness (QED) is 0.703. The molecule has 7 heteroatoms. The molecule has 5 nitrogen and oxygen atoms in total. The van der Waals surface area contributed by atoms with Gasteiger partial charge in [-0.3, -0.25) is 4.68 Å². The minimum absolute atomic E-state index is 0.645. The van der Waals surface area contributed by atoms with Crippen LogP contribution in [0, 0.1) is 0 Å². The number of halogens is 2. The van der Waals surface area contributed by atoms with E-state index in [2.05, 4.69) is 59.4 Å². The number of hydrogen-bond donors (Lipinski definition) is 1. The molecule has 1 aromatic carbocycles. The van der Waals surface area contributed by atoms with Crippen LogP contribution in [0.4, 0.5) is 0 Å². The molecule has 1 N–H and O–H groups in total. The molecule has 2 aromatic rings. The summed E-state index contributed by atoms with van der Waals surface area (Å²) >= 11 is 7.08. The lowest BCUT2D eigenvalue weighted by molar-refractivity contribution is 0.336. The van der Waals surface area contributed by atoms with Gasteiger partial charge in [0.2, 0.25) is 0 Å². The van der Waals surface area contributed by atoms with Gasteiger partial charge in [-0.15, -0.1) is 0 Å². The van der Waals surface area contributed by atoms with Crippen LogP contribution in [0.15, 0.2) is 27.4 Å². The highest BCUT2D eigenvalue weighted by Crippen LogP contribution is 2.34. The van der Waals surface area contributed by atoms with Gasteiger partial charge in [0.05, 0.1) is 15.6 Å². The van der Waals surface area contributed by atoms with E-state index in [0.29, 0.717) is 6.61 Å². The summed E-state index contributed by atoms with van der Waals surface area (Å²) in [7, 11) is 1.87. The molecule has 0 aliphatic carbocycles. The Morgan fingerprint density at radius 3 is 2.57 bits per heavy atom. The van der Waals surface area contributed by atoms with Crippen LogP contribution in [-0.4, -0.2) is 27.9 Å². The first kappa shape index (κ1) is 16.5. The smallest absolute Gasteiger partial charge is 0.151 e. The first-order valence-electron chi connectivity index (χ1n) is 6.76. The molecule has 0 unspecified atom stereocenters. The van der Waals surface area contributed by atoms with Gasteiger partial charge in [-0.1, -0.05) is 0 Å². The summed E-state index contributed by atoms with van der Waals surface area (Å²) in [5.41, 5.74) is 1.19. The number of nitrogens with zero attached hydrogens (tertiary/aromatic N) is 3. The third-order valence-corrected chi connectivity index (χ3v) is 4.03. The normalized spacial score (nSPS) is 10.9. The van der Waals surface area contributed by atoms with E-state index < -0.39 is 0 Å². The second-order valence-corrected chi connectivity index (χ2v) is 6.29. The van der Waals surface area contributed by atoms with Crippen LogP contribution in [0.1, 0.15) is 18.3 Å². The van der Waals surface area contributed by atoms with Crippen molar-refractivity contribution in [3.63, 3.8) is 0 Å². The number of ether oxygens (including phenoxy) is 1. The number of nitrogens with one attached hydrogen (secondary N) is 1. The highest BCUT2D eigenvalue weighted by Gasteiger charge is 2.08. The number of aryl methyl sites for hydroxylation is 1. The molecule has 0 amide bonds. The molecule has 1 heterocycles. The standard InChI is InChI=1S/C14H18Br2N4O/c1-3-21-14-11(15)6-10(7-12(14)16)8-17-5-4-13-18-9-20(2)19-13/h6-7,9,17H,3-5,8H2,1-2H3. The van der Waals surface area contributed by atoms with Crippen LogP contribution in [-0.2, 0) is 20.0 Å². The summed E-state index contributed by atoms with van der Waals surface area (Å²) < 4.78 is 9.21. The van der Waals surface area contributed by atoms with Gasteiger partial charge in [0.25, 0.3) is 0 Å². The highest BCUT2D eigenvalue weighted by atomic mass is 79.9. The molecule has 0 bridgehead atoms. The molecule has 2 rings (SSSR count). The molecule has 21 heavy (non-hydrogen) atoms. The fourth-order valence-corrected chi connectivity index (χ4v) is 3.44. The monoisotopic (exact) mass is 416 g/mol. The molecule has 114 valence electrons. The molecule has 0 radical (unpaired) electrons. The average Bonchev–Trinajstić information content (AvgIpc) is 2.85. The van der Waals surface area contributed by atoms with E-state index in [0.717, 1.165) is 40.0 Å². The topological polar surface area (TPSA) is 52.0 Å². The Hall–Kier alpha value is -0.920. The largest absolute Gasteiger partial charge is 0.492 e. The molecule has 0 fully saturated rings. The Morgan fingerprint density at radius 1 is 1.29 bits per heavy atom. The molecular weight excluding hydrogens is 400 g/mol. The zero-order valence-electron chi connectivity index (χ0n) is 12.1. The Labute approximate surface area is 141 Å². The zero-order valence-corrected chi connectivity index (χ0v) is 15.2. The zero-order chi connectivity index (χ0) is 15.2. The van der Waals surface area contributed by atoms with Crippen molar-refractivity contribution >= 4 is 31.9 Å².